The monoisotopic (exact) mass is 403 g/mol. The summed E-state index contributed by atoms with van der Waals surface area (Å²) < 4.78 is 5.40. The van der Waals surface area contributed by atoms with Gasteiger partial charge < -0.3 is 15.0 Å². The van der Waals surface area contributed by atoms with E-state index in [0.29, 0.717) is 5.92 Å². The fraction of sp³-hybridized carbons (Fsp3) is 0.650. The predicted octanol–water partition coefficient (Wildman–Crippen LogP) is 2.62. The third-order valence-electron chi connectivity index (χ3n) is 5.69. The summed E-state index contributed by atoms with van der Waals surface area (Å²) in [7, 11) is 0. The standard InChI is InChI=1S/C20H29N5O2S/c1-14-4-3-6-25(12-14)20(26)17-15(2)16-18(22-13-23-19(16)28-17)21-5-7-24-8-10-27-11-9-24/h13-14H,3-12H2,1-2H3,(H,21,22,23)/t14-/m0/s1. The number of ether oxygens (including phenoxy) is 1. The Balaban J connectivity index is 1.50. The topological polar surface area (TPSA) is 70.6 Å². The Morgan fingerprint density at radius 1 is 1.32 bits per heavy atom. The Hall–Kier alpha value is -1.77. The number of amides is 1. The van der Waals surface area contributed by atoms with Crippen LogP contribution >= 0.6 is 11.3 Å². The van der Waals surface area contributed by atoms with Crippen LogP contribution in [0.2, 0.25) is 0 Å². The van der Waals surface area contributed by atoms with Crippen molar-refractivity contribution in [3.8, 4) is 0 Å². The van der Waals surface area contributed by atoms with Gasteiger partial charge in [0.15, 0.2) is 0 Å². The summed E-state index contributed by atoms with van der Waals surface area (Å²) in [6.07, 6.45) is 3.88. The highest BCUT2D eigenvalue weighted by atomic mass is 32.1. The third-order valence-corrected chi connectivity index (χ3v) is 6.88. The Morgan fingerprint density at radius 2 is 2.14 bits per heavy atom. The van der Waals surface area contributed by atoms with Crippen LogP contribution in [0.3, 0.4) is 0 Å². The van der Waals surface area contributed by atoms with Gasteiger partial charge in [0, 0.05) is 39.3 Å². The Kier molecular flexibility index (Phi) is 6.08. The van der Waals surface area contributed by atoms with Crippen LogP contribution in [-0.4, -0.2) is 78.2 Å². The molecule has 2 aliphatic rings. The summed E-state index contributed by atoms with van der Waals surface area (Å²) in [6, 6.07) is 0. The lowest BCUT2D eigenvalue weighted by Gasteiger charge is -2.30. The molecule has 1 atom stereocenters. The van der Waals surface area contributed by atoms with Gasteiger partial charge in [0.05, 0.1) is 23.5 Å². The molecule has 7 nitrogen and oxygen atoms in total. The van der Waals surface area contributed by atoms with Crippen LogP contribution in [0.25, 0.3) is 10.2 Å². The first-order valence-corrected chi connectivity index (χ1v) is 11.0. The molecule has 152 valence electrons. The highest BCUT2D eigenvalue weighted by molar-refractivity contribution is 7.20. The minimum absolute atomic E-state index is 0.145. The van der Waals surface area contributed by atoms with Crippen LogP contribution < -0.4 is 5.32 Å². The highest BCUT2D eigenvalue weighted by Gasteiger charge is 2.26. The van der Waals surface area contributed by atoms with E-state index >= 15 is 0 Å². The number of nitrogens with zero attached hydrogens (tertiary/aromatic N) is 4. The van der Waals surface area contributed by atoms with Crippen LogP contribution in [-0.2, 0) is 4.74 Å². The smallest absolute Gasteiger partial charge is 0.264 e. The zero-order valence-electron chi connectivity index (χ0n) is 16.7. The van der Waals surface area contributed by atoms with Crippen molar-refractivity contribution in [3.63, 3.8) is 0 Å². The lowest BCUT2D eigenvalue weighted by molar-refractivity contribution is 0.0398. The first kappa shape index (κ1) is 19.5. The average Bonchev–Trinajstić information content (AvgIpc) is 3.06. The van der Waals surface area contributed by atoms with Gasteiger partial charge in [-0.15, -0.1) is 11.3 Å². The molecule has 0 radical (unpaired) electrons. The number of aromatic nitrogens is 2. The minimum atomic E-state index is 0.145. The maximum Gasteiger partial charge on any atom is 0.264 e. The van der Waals surface area contributed by atoms with Gasteiger partial charge >= 0.3 is 0 Å². The van der Waals surface area contributed by atoms with Crippen molar-refractivity contribution in [2.24, 2.45) is 5.92 Å². The van der Waals surface area contributed by atoms with E-state index < -0.39 is 0 Å². The SMILES string of the molecule is Cc1c(C(=O)N2CCC[C@H](C)C2)sc2ncnc(NCCN3CCOCC3)c12. The summed E-state index contributed by atoms with van der Waals surface area (Å²) in [5, 5.41) is 4.45. The number of thiophene rings is 1. The summed E-state index contributed by atoms with van der Waals surface area (Å²) in [5.41, 5.74) is 0.998. The van der Waals surface area contributed by atoms with Crippen molar-refractivity contribution < 1.29 is 9.53 Å². The molecule has 1 N–H and O–H groups in total. The summed E-state index contributed by atoms with van der Waals surface area (Å²) in [4.78, 5) is 28.1. The number of rotatable bonds is 5. The quantitative estimate of drug-likeness (QED) is 0.828. The number of morpholine rings is 1. The van der Waals surface area contributed by atoms with E-state index in [9.17, 15) is 4.79 Å². The van der Waals surface area contributed by atoms with Gasteiger partial charge in [-0.1, -0.05) is 6.92 Å². The zero-order valence-corrected chi connectivity index (χ0v) is 17.6. The van der Waals surface area contributed by atoms with Crippen LogP contribution in [0.1, 0.15) is 35.0 Å². The number of hydrogen-bond acceptors (Lipinski definition) is 7. The van der Waals surface area contributed by atoms with Crippen molar-refractivity contribution in [2.45, 2.75) is 26.7 Å². The molecule has 0 unspecified atom stereocenters. The number of hydrogen-bond donors (Lipinski definition) is 1. The number of nitrogens with one attached hydrogen (secondary N) is 1. The van der Waals surface area contributed by atoms with Gasteiger partial charge in [0.25, 0.3) is 5.91 Å². The molecule has 0 bridgehead atoms. The van der Waals surface area contributed by atoms with E-state index in [1.807, 2.05) is 11.8 Å². The fourth-order valence-corrected chi connectivity index (χ4v) is 5.20. The third kappa shape index (κ3) is 4.14. The molecule has 4 heterocycles. The normalized spacial score (nSPS) is 21.2. The van der Waals surface area contributed by atoms with Crippen molar-refractivity contribution in [3.05, 3.63) is 16.8 Å². The van der Waals surface area contributed by atoms with Gasteiger partial charge in [-0.25, -0.2) is 9.97 Å². The fourth-order valence-electron chi connectivity index (χ4n) is 4.08. The van der Waals surface area contributed by atoms with E-state index in [1.54, 1.807) is 6.33 Å². The summed E-state index contributed by atoms with van der Waals surface area (Å²) in [6.45, 7) is 11.3. The second-order valence-corrected chi connectivity index (χ2v) is 8.84. The maximum atomic E-state index is 13.1. The van der Waals surface area contributed by atoms with Crippen LogP contribution in [0.15, 0.2) is 6.33 Å². The van der Waals surface area contributed by atoms with Crippen molar-refractivity contribution in [1.29, 1.82) is 0 Å². The predicted molar refractivity (Wildman–Crippen MR) is 112 cm³/mol. The molecule has 2 saturated heterocycles. The van der Waals surface area contributed by atoms with Gasteiger partial charge in [-0.3, -0.25) is 9.69 Å². The molecule has 0 saturated carbocycles. The molecular weight excluding hydrogens is 374 g/mol. The number of likely N-dealkylation sites (tertiary alicyclic amines) is 1. The maximum absolute atomic E-state index is 13.1. The van der Waals surface area contributed by atoms with E-state index in [1.165, 1.54) is 17.8 Å². The molecule has 4 rings (SSSR count). The van der Waals surface area contributed by atoms with E-state index in [0.717, 1.165) is 85.4 Å². The van der Waals surface area contributed by atoms with E-state index in [2.05, 4.69) is 27.1 Å². The highest BCUT2D eigenvalue weighted by Crippen LogP contribution is 2.34. The number of carbonyl (C=O) groups is 1. The van der Waals surface area contributed by atoms with E-state index in [-0.39, 0.29) is 5.91 Å². The first-order chi connectivity index (χ1) is 13.6. The van der Waals surface area contributed by atoms with E-state index in [4.69, 9.17) is 4.74 Å². The molecule has 0 aromatic carbocycles. The molecule has 8 heteroatoms. The summed E-state index contributed by atoms with van der Waals surface area (Å²) in [5.74, 6) is 1.55. The minimum Gasteiger partial charge on any atom is -0.379 e. The number of carbonyl (C=O) groups excluding carboxylic acids is 1. The van der Waals surface area contributed by atoms with Gasteiger partial charge in [-0.2, -0.15) is 0 Å². The van der Waals surface area contributed by atoms with Crippen molar-refractivity contribution >= 4 is 33.3 Å². The molecule has 0 aliphatic carbocycles. The molecule has 2 aromatic rings. The van der Waals surface area contributed by atoms with Crippen LogP contribution in [0.5, 0.6) is 0 Å². The largest absolute Gasteiger partial charge is 0.379 e. The van der Waals surface area contributed by atoms with Gasteiger partial charge in [0.1, 0.15) is 17.0 Å². The number of fused-ring (bicyclic) bond motifs is 1. The van der Waals surface area contributed by atoms with Crippen LogP contribution in [0, 0.1) is 12.8 Å². The number of aryl methyl sites for hydroxylation is 1. The number of piperidine rings is 1. The molecule has 0 spiro atoms. The Morgan fingerprint density at radius 3 is 2.93 bits per heavy atom. The van der Waals surface area contributed by atoms with Gasteiger partial charge in [0.2, 0.25) is 0 Å². The Labute approximate surface area is 170 Å². The summed E-state index contributed by atoms with van der Waals surface area (Å²) >= 11 is 1.49. The first-order valence-electron chi connectivity index (χ1n) is 10.2. The van der Waals surface area contributed by atoms with Gasteiger partial charge in [-0.05, 0) is 31.2 Å². The van der Waals surface area contributed by atoms with Crippen molar-refractivity contribution in [2.75, 3.05) is 57.8 Å². The Bertz CT molecular complexity index is 833. The number of anilines is 1. The molecule has 2 fully saturated rings. The second-order valence-electron chi connectivity index (χ2n) is 7.84. The molecule has 2 aliphatic heterocycles. The lowest BCUT2D eigenvalue weighted by atomic mass is 10.00. The zero-order chi connectivity index (χ0) is 19.5. The average molecular weight is 404 g/mol. The lowest BCUT2D eigenvalue weighted by Crippen LogP contribution is -2.39. The molecule has 2 aromatic heterocycles. The van der Waals surface area contributed by atoms with Crippen molar-refractivity contribution in [1.82, 2.24) is 19.8 Å². The molecule has 1 amide bonds. The second kappa shape index (κ2) is 8.71. The molecule has 28 heavy (non-hydrogen) atoms. The molecular formula is C20H29N5O2S. The van der Waals surface area contributed by atoms with Crippen LogP contribution in [0.4, 0.5) is 5.82 Å².